The lowest BCUT2D eigenvalue weighted by molar-refractivity contribution is 0.660. The lowest BCUT2D eigenvalue weighted by Crippen LogP contribution is -2.18. The van der Waals surface area contributed by atoms with Gasteiger partial charge in [0, 0.05) is 49.9 Å². The van der Waals surface area contributed by atoms with Gasteiger partial charge in [-0.25, -0.2) is 0 Å². The molecule has 1 aliphatic heterocycles. The predicted molar refractivity (Wildman–Crippen MR) is 260 cm³/mol. The molecule has 0 saturated heterocycles. The van der Waals surface area contributed by atoms with Crippen LogP contribution in [0.5, 0.6) is 0 Å². The number of fused-ring (bicyclic) bond motifs is 10. The van der Waals surface area contributed by atoms with E-state index in [1.165, 1.54) is 83.1 Å². The van der Waals surface area contributed by atoms with Crippen molar-refractivity contribution in [3.63, 3.8) is 0 Å². The van der Waals surface area contributed by atoms with Gasteiger partial charge in [0.05, 0.1) is 11.4 Å². The van der Waals surface area contributed by atoms with Crippen molar-refractivity contribution in [1.82, 2.24) is 0 Å². The number of nitrogens with zero attached hydrogens (tertiary/aromatic N) is 2. The summed E-state index contributed by atoms with van der Waals surface area (Å²) in [4.78, 5) is 4.91. The van der Waals surface area contributed by atoms with Gasteiger partial charge in [0.1, 0.15) is 11.2 Å². The highest BCUT2D eigenvalue weighted by Crippen LogP contribution is 2.56. The first-order valence-corrected chi connectivity index (χ1v) is 21.5. The first-order chi connectivity index (χ1) is 30.5. The molecule has 2 aliphatic rings. The van der Waals surface area contributed by atoms with E-state index in [1.807, 2.05) is 12.1 Å². The van der Waals surface area contributed by atoms with Crippen LogP contribution in [0.4, 0.5) is 34.1 Å². The first kappa shape index (κ1) is 34.9. The van der Waals surface area contributed by atoms with Gasteiger partial charge in [0.2, 0.25) is 0 Å². The van der Waals surface area contributed by atoms with E-state index in [4.69, 9.17) is 4.42 Å². The number of benzene rings is 10. The molecule has 0 bridgehead atoms. The lowest BCUT2D eigenvalue weighted by Gasteiger charge is -2.35. The number of para-hydroxylation sites is 1. The number of hydrogen-bond acceptors (Lipinski definition) is 3. The normalized spacial score (nSPS) is 13.4. The maximum absolute atomic E-state index is 6.30. The first-order valence-electron chi connectivity index (χ1n) is 21.5. The highest BCUT2D eigenvalue weighted by molar-refractivity contribution is 6.19. The van der Waals surface area contributed by atoms with Gasteiger partial charge in [-0.1, -0.05) is 147 Å². The second-order valence-electron chi connectivity index (χ2n) is 17.3. The fraction of sp³-hybridized carbons (Fsp3) is 0.0508. The van der Waals surface area contributed by atoms with Crippen LogP contribution in [0.1, 0.15) is 25.0 Å². The van der Waals surface area contributed by atoms with Gasteiger partial charge in [-0.05, 0) is 128 Å². The Hall–Kier alpha value is -7.88. The monoisotopic (exact) mass is 792 g/mol. The minimum absolute atomic E-state index is 0.273. The molecule has 1 aromatic heterocycles. The van der Waals surface area contributed by atoms with Crippen LogP contribution in [0.2, 0.25) is 0 Å². The maximum Gasteiger partial charge on any atom is 0.135 e. The summed E-state index contributed by atoms with van der Waals surface area (Å²) >= 11 is 0. The molecule has 1 aliphatic carbocycles. The third kappa shape index (κ3) is 5.06. The Labute approximate surface area is 360 Å². The average molecular weight is 793 g/mol. The Balaban J connectivity index is 0.967. The summed E-state index contributed by atoms with van der Waals surface area (Å²) in [5.74, 6) is 0. The highest BCUT2D eigenvalue weighted by atomic mass is 16.3. The Morgan fingerprint density at radius 2 is 1.08 bits per heavy atom. The summed E-state index contributed by atoms with van der Waals surface area (Å²) in [5, 5.41) is 7.30. The van der Waals surface area contributed by atoms with E-state index in [0.29, 0.717) is 0 Å². The number of furan rings is 1. The molecule has 0 spiro atoms. The Kier molecular flexibility index (Phi) is 7.36. The van der Waals surface area contributed by atoms with E-state index in [9.17, 15) is 0 Å². The van der Waals surface area contributed by atoms with E-state index in [-0.39, 0.29) is 5.41 Å². The third-order valence-corrected chi connectivity index (χ3v) is 13.5. The molecule has 0 atom stereocenters. The predicted octanol–water partition coefficient (Wildman–Crippen LogP) is 16.8. The maximum atomic E-state index is 6.30. The summed E-state index contributed by atoms with van der Waals surface area (Å²) < 4.78 is 6.30. The molecule has 0 saturated carbocycles. The number of hydrogen-bond donors (Lipinski definition) is 0. The molecule has 10 aromatic carbocycles. The second-order valence-corrected chi connectivity index (χ2v) is 17.3. The average Bonchev–Trinajstić information content (AvgIpc) is 3.80. The van der Waals surface area contributed by atoms with E-state index in [1.54, 1.807) is 0 Å². The van der Waals surface area contributed by atoms with Crippen molar-refractivity contribution in [2.75, 3.05) is 9.80 Å². The standard InChI is InChI=1S/C59H40N2O/c1-59(2)51-35-43(60(41-19-10-18-40(33-41)37-13-4-3-5-14-37)42-28-32-56-50(34-42)48-21-8-9-24-55(48)62-56)26-29-46(51)47-30-27-44(36-52(47)59)61-53-23-12-17-39-16-11-22-49(57(39)53)58-45-20-7-6-15-38(45)25-31-54(58)61/h3-36H,1-2H3. The van der Waals surface area contributed by atoms with Crippen molar-refractivity contribution in [2.24, 2.45) is 0 Å². The quantitative estimate of drug-likeness (QED) is 0.173. The summed E-state index contributed by atoms with van der Waals surface area (Å²) in [6.07, 6.45) is 0. The Bertz CT molecular complexity index is 3630. The van der Waals surface area contributed by atoms with E-state index < -0.39 is 0 Å². The molecule has 0 amide bonds. The minimum atomic E-state index is -0.273. The van der Waals surface area contributed by atoms with Gasteiger partial charge in [-0.3, -0.25) is 0 Å². The fourth-order valence-corrected chi connectivity index (χ4v) is 10.6. The molecule has 62 heavy (non-hydrogen) atoms. The van der Waals surface area contributed by atoms with Gasteiger partial charge in [-0.15, -0.1) is 0 Å². The van der Waals surface area contributed by atoms with Crippen molar-refractivity contribution in [1.29, 1.82) is 0 Å². The molecular formula is C59H40N2O. The zero-order valence-corrected chi connectivity index (χ0v) is 34.4. The van der Waals surface area contributed by atoms with Crippen molar-refractivity contribution >= 4 is 77.6 Å². The molecule has 2 heterocycles. The molecule has 0 fully saturated rings. The largest absolute Gasteiger partial charge is 0.456 e. The van der Waals surface area contributed by atoms with Gasteiger partial charge in [-0.2, -0.15) is 0 Å². The van der Waals surface area contributed by atoms with Crippen LogP contribution in [-0.2, 0) is 5.41 Å². The van der Waals surface area contributed by atoms with Gasteiger partial charge in [0.15, 0.2) is 0 Å². The molecular weight excluding hydrogens is 753 g/mol. The fourth-order valence-electron chi connectivity index (χ4n) is 10.6. The van der Waals surface area contributed by atoms with Crippen LogP contribution in [0.15, 0.2) is 211 Å². The number of rotatable bonds is 5. The lowest BCUT2D eigenvalue weighted by atomic mass is 9.81. The zero-order chi connectivity index (χ0) is 41.1. The summed E-state index contributed by atoms with van der Waals surface area (Å²) in [6, 6.07) is 75.5. The highest BCUT2D eigenvalue weighted by Gasteiger charge is 2.38. The summed E-state index contributed by atoms with van der Waals surface area (Å²) in [5.41, 5.74) is 18.6. The zero-order valence-electron chi connectivity index (χ0n) is 34.4. The van der Waals surface area contributed by atoms with Gasteiger partial charge >= 0.3 is 0 Å². The smallest absolute Gasteiger partial charge is 0.135 e. The molecule has 292 valence electrons. The van der Waals surface area contributed by atoms with Crippen LogP contribution in [0, 0.1) is 0 Å². The molecule has 0 radical (unpaired) electrons. The molecule has 3 nitrogen and oxygen atoms in total. The van der Waals surface area contributed by atoms with Crippen LogP contribution in [0.3, 0.4) is 0 Å². The van der Waals surface area contributed by atoms with Crippen molar-refractivity contribution < 1.29 is 4.42 Å². The molecule has 11 aromatic rings. The summed E-state index contributed by atoms with van der Waals surface area (Å²) in [6.45, 7) is 4.78. The van der Waals surface area contributed by atoms with Crippen molar-refractivity contribution in [3.05, 3.63) is 217 Å². The summed E-state index contributed by atoms with van der Waals surface area (Å²) in [7, 11) is 0. The second kappa shape index (κ2) is 13.1. The van der Waals surface area contributed by atoms with Crippen LogP contribution in [-0.4, -0.2) is 0 Å². The van der Waals surface area contributed by atoms with Crippen LogP contribution >= 0.6 is 0 Å². The van der Waals surface area contributed by atoms with Gasteiger partial charge in [0.25, 0.3) is 0 Å². The third-order valence-electron chi connectivity index (χ3n) is 13.5. The van der Waals surface area contributed by atoms with Crippen molar-refractivity contribution in [3.8, 4) is 33.4 Å². The molecule has 13 rings (SSSR count). The van der Waals surface area contributed by atoms with Crippen LogP contribution in [0.25, 0.3) is 76.9 Å². The SMILES string of the molecule is CC1(C)c2cc(N(c3cccc(-c4ccccc4)c3)c3ccc4oc5ccccc5c4c3)ccc2-c2ccc(N3c4ccc5ccccc5c4-c4cccc5cccc3c45)cc21. The topological polar surface area (TPSA) is 19.6 Å². The minimum Gasteiger partial charge on any atom is -0.456 e. The van der Waals surface area contributed by atoms with Crippen LogP contribution < -0.4 is 9.80 Å². The van der Waals surface area contributed by atoms with Gasteiger partial charge < -0.3 is 14.2 Å². The molecule has 0 N–H and O–H groups in total. The Morgan fingerprint density at radius 3 is 1.97 bits per heavy atom. The molecule has 0 unspecified atom stereocenters. The van der Waals surface area contributed by atoms with Crippen molar-refractivity contribution in [2.45, 2.75) is 19.3 Å². The molecule has 3 heteroatoms. The van der Waals surface area contributed by atoms with E-state index in [2.05, 4.69) is 218 Å². The van der Waals surface area contributed by atoms with E-state index in [0.717, 1.165) is 39.0 Å². The Morgan fingerprint density at radius 1 is 0.419 bits per heavy atom. The van der Waals surface area contributed by atoms with E-state index >= 15 is 0 Å². The number of anilines is 6.